The molecule has 1 atom stereocenters. The highest BCUT2D eigenvalue weighted by atomic mass is 16.5. The molecular formula is C27H25NO5. The molecule has 0 bridgehead atoms. The van der Waals surface area contributed by atoms with E-state index in [2.05, 4.69) is 0 Å². The second-order valence-corrected chi connectivity index (χ2v) is 7.74. The number of amides is 1. The minimum Gasteiger partial charge on any atom is -0.507 e. The Balaban J connectivity index is 1.90. The van der Waals surface area contributed by atoms with E-state index in [0.717, 1.165) is 5.56 Å². The zero-order valence-electron chi connectivity index (χ0n) is 18.7. The molecule has 1 aliphatic heterocycles. The van der Waals surface area contributed by atoms with E-state index in [1.807, 2.05) is 38.1 Å². The van der Waals surface area contributed by atoms with Gasteiger partial charge in [-0.1, -0.05) is 42.0 Å². The van der Waals surface area contributed by atoms with Crippen LogP contribution in [-0.2, 0) is 9.59 Å². The van der Waals surface area contributed by atoms with Crippen molar-refractivity contribution in [1.29, 1.82) is 0 Å². The number of aryl methyl sites for hydroxylation is 1. The number of aliphatic hydroxyl groups excluding tert-OH is 1. The number of hydrogen-bond acceptors (Lipinski definition) is 5. The molecule has 0 aromatic heterocycles. The molecule has 1 N–H and O–H groups in total. The first-order valence-electron chi connectivity index (χ1n) is 10.7. The first-order chi connectivity index (χ1) is 15.9. The minimum atomic E-state index is -0.797. The highest BCUT2D eigenvalue weighted by Gasteiger charge is 2.47. The Bertz CT molecular complexity index is 1210. The number of ketones is 1. The second-order valence-electron chi connectivity index (χ2n) is 7.74. The Morgan fingerprint density at radius 3 is 2.30 bits per heavy atom. The van der Waals surface area contributed by atoms with E-state index in [1.54, 1.807) is 48.5 Å². The van der Waals surface area contributed by atoms with Crippen LogP contribution in [0.15, 0.2) is 78.4 Å². The van der Waals surface area contributed by atoms with Crippen molar-refractivity contribution in [2.45, 2.75) is 19.9 Å². The largest absolute Gasteiger partial charge is 0.507 e. The molecule has 0 aliphatic carbocycles. The quantitative estimate of drug-likeness (QED) is 0.329. The number of carbonyl (C=O) groups is 2. The van der Waals surface area contributed by atoms with Crippen LogP contribution in [0.1, 0.15) is 29.7 Å². The third-order valence-corrected chi connectivity index (χ3v) is 5.61. The third-order valence-electron chi connectivity index (χ3n) is 5.61. The van der Waals surface area contributed by atoms with E-state index in [1.165, 1.54) is 12.0 Å². The molecule has 0 radical (unpaired) electrons. The number of carbonyl (C=O) groups excluding carboxylic acids is 2. The third kappa shape index (κ3) is 4.20. The molecular weight excluding hydrogens is 418 g/mol. The number of hydrogen-bond donors (Lipinski definition) is 1. The Morgan fingerprint density at radius 1 is 0.970 bits per heavy atom. The van der Waals surface area contributed by atoms with Crippen molar-refractivity contribution in [3.8, 4) is 11.5 Å². The number of ether oxygens (including phenoxy) is 2. The fourth-order valence-electron chi connectivity index (χ4n) is 3.96. The smallest absolute Gasteiger partial charge is 0.300 e. The summed E-state index contributed by atoms with van der Waals surface area (Å²) in [5.74, 6) is -0.469. The Labute approximate surface area is 192 Å². The van der Waals surface area contributed by atoms with Crippen LogP contribution in [0.4, 0.5) is 5.69 Å². The lowest BCUT2D eigenvalue weighted by atomic mass is 9.95. The zero-order valence-corrected chi connectivity index (χ0v) is 18.7. The number of aliphatic hydroxyl groups is 1. The molecule has 1 unspecified atom stereocenters. The van der Waals surface area contributed by atoms with Crippen molar-refractivity contribution in [3.05, 3.63) is 95.1 Å². The predicted molar refractivity (Wildman–Crippen MR) is 127 cm³/mol. The van der Waals surface area contributed by atoms with Gasteiger partial charge in [0.1, 0.15) is 17.3 Å². The molecule has 1 saturated heterocycles. The first kappa shape index (κ1) is 22.1. The SMILES string of the molecule is CCOc1ccc(C2/C(=C(/O)c3cccc(OC)c3)C(=O)C(=O)N2c2ccc(C)cc2)cc1. The van der Waals surface area contributed by atoms with Gasteiger partial charge in [0, 0.05) is 11.3 Å². The Kier molecular flexibility index (Phi) is 6.18. The number of nitrogens with zero attached hydrogens (tertiary/aromatic N) is 1. The fourth-order valence-corrected chi connectivity index (χ4v) is 3.96. The van der Waals surface area contributed by atoms with Gasteiger partial charge in [-0.05, 0) is 55.8 Å². The van der Waals surface area contributed by atoms with Crippen LogP contribution < -0.4 is 14.4 Å². The molecule has 168 valence electrons. The molecule has 6 nitrogen and oxygen atoms in total. The monoisotopic (exact) mass is 443 g/mol. The van der Waals surface area contributed by atoms with Gasteiger partial charge in [0.25, 0.3) is 11.7 Å². The van der Waals surface area contributed by atoms with Gasteiger partial charge in [-0.3, -0.25) is 14.5 Å². The average Bonchev–Trinajstić information content (AvgIpc) is 3.10. The summed E-state index contributed by atoms with van der Waals surface area (Å²) in [5.41, 5.74) is 2.71. The number of methoxy groups -OCH3 is 1. The molecule has 1 fully saturated rings. The van der Waals surface area contributed by atoms with Crippen molar-refractivity contribution in [3.63, 3.8) is 0 Å². The van der Waals surface area contributed by atoms with Crippen LogP contribution in [0.5, 0.6) is 11.5 Å². The Morgan fingerprint density at radius 2 is 1.67 bits per heavy atom. The van der Waals surface area contributed by atoms with Gasteiger partial charge in [0.05, 0.1) is 25.3 Å². The molecule has 1 heterocycles. The number of anilines is 1. The lowest BCUT2D eigenvalue weighted by Gasteiger charge is -2.25. The molecule has 3 aromatic carbocycles. The van der Waals surface area contributed by atoms with E-state index in [0.29, 0.717) is 34.9 Å². The molecule has 0 spiro atoms. The van der Waals surface area contributed by atoms with Crippen LogP contribution in [0.3, 0.4) is 0 Å². The number of rotatable bonds is 6. The van der Waals surface area contributed by atoms with Crippen LogP contribution >= 0.6 is 0 Å². The topological polar surface area (TPSA) is 76.1 Å². The van der Waals surface area contributed by atoms with Gasteiger partial charge in [-0.25, -0.2) is 0 Å². The molecule has 1 aliphatic rings. The minimum absolute atomic E-state index is 0.0259. The van der Waals surface area contributed by atoms with Crippen molar-refractivity contribution < 1.29 is 24.2 Å². The van der Waals surface area contributed by atoms with Crippen LogP contribution in [0.25, 0.3) is 5.76 Å². The standard InChI is InChI=1S/C27H25NO5/c1-4-33-21-14-10-18(11-15-21)24-23(25(29)19-6-5-7-22(16-19)32-3)26(30)27(31)28(24)20-12-8-17(2)9-13-20/h5-16,24,29H,4H2,1-3H3/b25-23-. The summed E-state index contributed by atoms with van der Waals surface area (Å²) in [5, 5.41) is 11.2. The molecule has 6 heteroatoms. The van der Waals surface area contributed by atoms with Crippen LogP contribution in [0, 0.1) is 6.92 Å². The Hall–Kier alpha value is -4.06. The van der Waals surface area contributed by atoms with Gasteiger partial charge >= 0.3 is 0 Å². The van der Waals surface area contributed by atoms with Crippen molar-refractivity contribution >= 4 is 23.1 Å². The summed E-state index contributed by atoms with van der Waals surface area (Å²) in [4.78, 5) is 27.8. The predicted octanol–water partition coefficient (Wildman–Crippen LogP) is 5.03. The summed E-state index contributed by atoms with van der Waals surface area (Å²) in [6, 6.07) is 20.5. The van der Waals surface area contributed by atoms with E-state index >= 15 is 0 Å². The highest BCUT2D eigenvalue weighted by Crippen LogP contribution is 2.42. The number of Topliss-reactive ketones (excluding diaryl/α,β-unsaturated/α-hetero) is 1. The van der Waals surface area contributed by atoms with E-state index < -0.39 is 17.7 Å². The second kappa shape index (κ2) is 9.20. The van der Waals surface area contributed by atoms with Crippen molar-refractivity contribution in [1.82, 2.24) is 0 Å². The zero-order chi connectivity index (χ0) is 23.5. The van der Waals surface area contributed by atoms with Gasteiger partial charge in [-0.2, -0.15) is 0 Å². The number of benzene rings is 3. The maximum Gasteiger partial charge on any atom is 0.300 e. The average molecular weight is 443 g/mol. The summed E-state index contributed by atoms with van der Waals surface area (Å²) in [6.07, 6.45) is 0. The molecule has 0 saturated carbocycles. The molecule has 1 amide bonds. The summed E-state index contributed by atoms with van der Waals surface area (Å²) >= 11 is 0. The maximum atomic E-state index is 13.2. The summed E-state index contributed by atoms with van der Waals surface area (Å²) in [7, 11) is 1.52. The summed E-state index contributed by atoms with van der Waals surface area (Å²) in [6.45, 7) is 4.37. The van der Waals surface area contributed by atoms with Gasteiger partial charge in [0.2, 0.25) is 0 Å². The lowest BCUT2D eigenvalue weighted by Crippen LogP contribution is -2.29. The molecule has 3 aromatic rings. The van der Waals surface area contributed by atoms with E-state index in [-0.39, 0.29) is 11.3 Å². The van der Waals surface area contributed by atoms with Gasteiger partial charge in [-0.15, -0.1) is 0 Å². The normalized spacial score (nSPS) is 17.3. The fraction of sp³-hybridized carbons (Fsp3) is 0.185. The summed E-state index contributed by atoms with van der Waals surface area (Å²) < 4.78 is 10.8. The van der Waals surface area contributed by atoms with Crippen LogP contribution in [0.2, 0.25) is 0 Å². The molecule has 4 rings (SSSR count). The lowest BCUT2D eigenvalue weighted by molar-refractivity contribution is -0.132. The highest BCUT2D eigenvalue weighted by molar-refractivity contribution is 6.51. The van der Waals surface area contributed by atoms with Gasteiger partial charge in [0.15, 0.2) is 0 Å². The first-order valence-corrected chi connectivity index (χ1v) is 10.7. The van der Waals surface area contributed by atoms with Crippen molar-refractivity contribution in [2.75, 3.05) is 18.6 Å². The van der Waals surface area contributed by atoms with Gasteiger partial charge < -0.3 is 14.6 Å². The van der Waals surface area contributed by atoms with Crippen molar-refractivity contribution in [2.24, 2.45) is 0 Å². The van der Waals surface area contributed by atoms with E-state index in [4.69, 9.17) is 9.47 Å². The van der Waals surface area contributed by atoms with Crippen LogP contribution in [-0.4, -0.2) is 30.5 Å². The maximum absolute atomic E-state index is 13.2. The molecule has 33 heavy (non-hydrogen) atoms. The van der Waals surface area contributed by atoms with E-state index in [9.17, 15) is 14.7 Å².